The van der Waals surface area contributed by atoms with Gasteiger partial charge in [0.05, 0.1) is 14.2 Å². The monoisotopic (exact) mass is 400 g/mol. The average Bonchev–Trinajstić information content (AvgIpc) is 2.77. The van der Waals surface area contributed by atoms with Crippen molar-refractivity contribution in [1.29, 1.82) is 0 Å². The first-order valence-electron chi connectivity index (χ1n) is 9.68. The molecule has 1 aliphatic heterocycles. The summed E-state index contributed by atoms with van der Waals surface area (Å²) in [6.45, 7) is 4.90. The predicted octanol–water partition coefficient (Wildman–Crippen LogP) is 2.69. The Balaban J connectivity index is 1.53. The van der Waals surface area contributed by atoms with Crippen LogP contribution in [0.5, 0.6) is 23.0 Å². The van der Waals surface area contributed by atoms with Crippen molar-refractivity contribution < 1.29 is 24.1 Å². The summed E-state index contributed by atoms with van der Waals surface area (Å²) in [6.07, 6.45) is 0. The number of benzene rings is 2. The molecular formula is C22H28N2O5. The smallest absolute Gasteiger partial charge is 0.260 e. The van der Waals surface area contributed by atoms with Gasteiger partial charge in [-0.05, 0) is 36.8 Å². The number of para-hydroxylation sites is 2. The number of methoxy groups -OCH3 is 2. The maximum atomic E-state index is 12.5. The zero-order chi connectivity index (χ0) is 20.8. The van der Waals surface area contributed by atoms with Gasteiger partial charge in [-0.1, -0.05) is 18.2 Å². The summed E-state index contributed by atoms with van der Waals surface area (Å²) in [5, 5.41) is 9.73. The van der Waals surface area contributed by atoms with Gasteiger partial charge in [0.2, 0.25) is 0 Å². The van der Waals surface area contributed by atoms with Crippen molar-refractivity contribution in [3.05, 3.63) is 48.0 Å². The van der Waals surface area contributed by atoms with Crippen molar-refractivity contribution in [2.75, 3.05) is 47.0 Å². The molecule has 156 valence electrons. The number of phenols is 1. The summed E-state index contributed by atoms with van der Waals surface area (Å²) in [5.74, 6) is 1.71. The number of hydrogen-bond donors (Lipinski definition) is 1. The third-order valence-corrected chi connectivity index (χ3v) is 5.32. The molecule has 1 fully saturated rings. The maximum absolute atomic E-state index is 12.5. The summed E-state index contributed by atoms with van der Waals surface area (Å²) in [6, 6.07) is 12.8. The van der Waals surface area contributed by atoms with Gasteiger partial charge in [0, 0.05) is 32.2 Å². The Morgan fingerprint density at radius 3 is 2.34 bits per heavy atom. The number of hydrogen-bond acceptors (Lipinski definition) is 6. The number of aromatic hydroxyl groups is 1. The summed E-state index contributed by atoms with van der Waals surface area (Å²) in [4.78, 5) is 16.6. The minimum Gasteiger partial charge on any atom is -0.504 e. The Bertz CT molecular complexity index is 834. The summed E-state index contributed by atoms with van der Waals surface area (Å²) in [5.41, 5.74) is 1.14. The molecule has 1 atom stereocenters. The van der Waals surface area contributed by atoms with Gasteiger partial charge >= 0.3 is 0 Å². The van der Waals surface area contributed by atoms with Gasteiger partial charge < -0.3 is 24.2 Å². The molecule has 7 nitrogen and oxygen atoms in total. The number of ether oxygens (including phenoxy) is 3. The largest absolute Gasteiger partial charge is 0.504 e. The van der Waals surface area contributed by atoms with Crippen molar-refractivity contribution in [1.82, 2.24) is 9.80 Å². The van der Waals surface area contributed by atoms with Crippen molar-refractivity contribution in [3.63, 3.8) is 0 Å². The molecule has 3 rings (SSSR count). The van der Waals surface area contributed by atoms with Crippen LogP contribution < -0.4 is 14.2 Å². The standard InChI is InChI=1S/C22H28N2O5/c1-16(17-8-9-20(27-2)21(14-17)28-3)23-10-12-24(13-11-23)22(26)15-29-19-7-5-4-6-18(19)25/h4-9,14,16,25H,10-13,15H2,1-3H3. The van der Waals surface area contributed by atoms with Crippen LogP contribution >= 0.6 is 0 Å². The highest BCUT2D eigenvalue weighted by atomic mass is 16.5. The molecule has 1 amide bonds. The molecule has 1 aliphatic rings. The van der Waals surface area contributed by atoms with E-state index in [1.807, 2.05) is 18.2 Å². The third kappa shape index (κ3) is 4.92. The molecule has 1 unspecified atom stereocenters. The fourth-order valence-electron chi connectivity index (χ4n) is 3.49. The van der Waals surface area contributed by atoms with Gasteiger partial charge in [-0.15, -0.1) is 0 Å². The maximum Gasteiger partial charge on any atom is 0.260 e. The minimum atomic E-state index is -0.0805. The van der Waals surface area contributed by atoms with E-state index in [4.69, 9.17) is 14.2 Å². The van der Waals surface area contributed by atoms with Gasteiger partial charge in [0.1, 0.15) is 0 Å². The fraction of sp³-hybridized carbons (Fsp3) is 0.409. The minimum absolute atomic E-state index is 0.0360. The van der Waals surface area contributed by atoms with Gasteiger partial charge in [-0.25, -0.2) is 0 Å². The second kappa shape index (κ2) is 9.52. The van der Waals surface area contributed by atoms with Crippen molar-refractivity contribution >= 4 is 5.91 Å². The summed E-state index contributed by atoms with van der Waals surface area (Å²) >= 11 is 0. The molecule has 1 heterocycles. The van der Waals surface area contributed by atoms with Crippen LogP contribution in [0.15, 0.2) is 42.5 Å². The quantitative estimate of drug-likeness (QED) is 0.771. The van der Waals surface area contributed by atoms with Crippen LogP contribution in [0.25, 0.3) is 0 Å². The molecular weight excluding hydrogens is 372 g/mol. The Kier molecular flexibility index (Phi) is 6.82. The SMILES string of the molecule is COc1ccc(C(C)N2CCN(C(=O)COc3ccccc3O)CC2)cc1OC. The highest BCUT2D eigenvalue weighted by Gasteiger charge is 2.25. The molecule has 0 spiro atoms. The number of carbonyl (C=O) groups is 1. The Hall–Kier alpha value is -2.93. The molecule has 29 heavy (non-hydrogen) atoms. The lowest BCUT2D eigenvalue weighted by atomic mass is 10.1. The van der Waals surface area contributed by atoms with E-state index in [0.29, 0.717) is 30.3 Å². The molecule has 7 heteroatoms. The third-order valence-electron chi connectivity index (χ3n) is 5.32. The molecule has 0 aromatic heterocycles. The molecule has 0 saturated carbocycles. The molecule has 0 aliphatic carbocycles. The lowest BCUT2D eigenvalue weighted by Crippen LogP contribution is -2.50. The highest BCUT2D eigenvalue weighted by Crippen LogP contribution is 2.32. The zero-order valence-electron chi connectivity index (χ0n) is 17.1. The predicted molar refractivity (Wildman–Crippen MR) is 110 cm³/mol. The van der Waals surface area contributed by atoms with Crippen molar-refractivity contribution in [3.8, 4) is 23.0 Å². The summed E-state index contributed by atoms with van der Waals surface area (Å²) in [7, 11) is 3.26. The van der Waals surface area contributed by atoms with Gasteiger partial charge in [0.25, 0.3) is 5.91 Å². The number of rotatable bonds is 7. The normalized spacial score (nSPS) is 15.6. The van der Waals surface area contributed by atoms with Crippen molar-refractivity contribution in [2.45, 2.75) is 13.0 Å². The second-order valence-electron chi connectivity index (χ2n) is 6.96. The lowest BCUT2D eigenvalue weighted by molar-refractivity contribution is -0.135. The number of carbonyl (C=O) groups excluding carboxylic acids is 1. The van der Waals surface area contributed by atoms with Crippen LogP contribution in [0.1, 0.15) is 18.5 Å². The number of piperazine rings is 1. The number of amides is 1. The lowest BCUT2D eigenvalue weighted by Gasteiger charge is -2.38. The van der Waals surface area contributed by atoms with E-state index < -0.39 is 0 Å². The summed E-state index contributed by atoms with van der Waals surface area (Å²) < 4.78 is 16.2. The number of phenolic OH excluding ortho intramolecular Hbond substituents is 1. The van der Waals surface area contributed by atoms with Crippen LogP contribution in [-0.2, 0) is 4.79 Å². The zero-order valence-corrected chi connectivity index (χ0v) is 17.1. The van der Waals surface area contributed by atoms with Gasteiger partial charge in [-0.2, -0.15) is 0 Å². The first kappa shape index (κ1) is 20.8. The fourth-order valence-corrected chi connectivity index (χ4v) is 3.49. The number of nitrogens with zero attached hydrogens (tertiary/aromatic N) is 2. The first-order valence-corrected chi connectivity index (χ1v) is 9.68. The van der Waals surface area contributed by atoms with Gasteiger partial charge in [0.15, 0.2) is 29.6 Å². The van der Waals surface area contributed by atoms with E-state index in [1.54, 1.807) is 37.3 Å². The van der Waals surface area contributed by atoms with Crippen LogP contribution in [-0.4, -0.2) is 67.8 Å². The van der Waals surface area contributed by atoms with E-state index in [1.165, 1.54) is 6.07 Å². The molecule has 2 aromatic carbocycles. The van der Waals surface area contributed by atoms with E-state index in [-0.39, 0.29) is 24.3 Å². The van der Waals surface area contributed by atoms with Crippen LogP contribution in [0.3, 0.4) is 0 Å². The Labute approximate surface area is 171 Å². The Morgan fingerprint density at radius 2 is 1.69 bits per heavy atom. The molecule has 1 saturated heterocycles. The van der Waals surface area contributed by atoms with Crippen LogP contribution in [0.2, 0.25) is 0 Å². The molecule has 2 aromatic rings. The highest BCUT2D eigenvalue weighted by molar-refractivity contribution is 5.78. The second-order valence-corrected chi connectivity index (χ2v) is 6.96. The molecule has 1 N–H and O–H groups in total. The average molecular weight is 400 g/mol. The van der Waals surface area contributed by atoms with Crippen LogP contribution in [0, 0.1) is 0 Å². The molecule has 0 radical (unpaired) electrons. The van der Waals surface area contributed by atoms with E-state index >= 15 is 0 Å². The van der Waals surface area contributed by atoms with Crippen molar-refractivity contribution in [2.24, 2.45) is 0 Å². The topological polar surface area (TPSA) is 71.5 Å². The Morgan fingerprint density at radius 1 is 1.00 bits per heavy atom. The van der Waals surface area contributed by atoms with Gasteiger partial charge in [-0.3, -0.25) is 9.69 Å². The van der Waals surface area contributed by atoms with E-state index in [0.717, 1.165) is 18.7 Å². The molecule has 0 bridgehead atoms. The van der Waals surface area contributed by atoms with E-state index in [9.17, 15) is 9.90 Å². The van der Waals surface area contributed by atoms with Crippen LogP contribution in [0.4, 0.5) is 0 Å². The van der Waals surface area contributed by atoms with E-state index in [2.05, 4.69) is 11.8 Å². The first-order chi connectivity index (χ1) is 14.0.